The van der Waals surface area contributed by atoms with E-state index < -0.39 is 11.9 Å². The molecule has 2 aliphatic rings. The molecule has 2 aromatic rings. The topological polar surface area (TPSA) is 74.4 Å². The van der Waals surface area contributed by atoms with E-state index in [4.69, 9.17) is 21.7 Å². The van der Waals surface area contributed by atoms with Gasteiger partial charge in [-0.2, -0.15) is 0 Å². The Morgan fingerprint density at radius 2 is 1.92 bits per heavy atom. The summed E-state index contributed by atoms with van der Waals surface area (Å²) >= 11 is 5.15. The number of rotatable bonds is 9. The summed E-state index contributed by atoms with van der Waals surface area (Å²) in [5.74, 6) is -0.488. The molecule has 2 saturated heterocycles. The molecule has 1 unspecified atom stereocenters. The van der Waals surface area contributed by atoms with Crippen molar-refractivity contribution in [2.24, 2.45) is 0 Å². The Kier molecular flexibility index (Phi) is 8.71. The van der Waals surface area contributed by atoms with Gasteiger partial charge in [-0.25, -0.2) is 9.18 Å². The molecule has 1 N–H and O–H groups in total. The van der Waals surface area contributed by atoms with E-state index in [2.05, 4.69) is 5.32 Å². The number of thiocarbonyl (C=S) groups is 1. The van der Waals surface area contributed by atoms with E-state index in [1.807, 2.05) is 42.2 Å². The van der Waals surface area contributed by atoms with Crippen molar-refractivity contribution in [3.63, 3.8) is 0 Å². The fourth-order valence-corrected chi connectivity index (χ4v) is 4.31. The fraction of sp³-hybridized carbons (Fsp3) is 0.423. The summed E-state index contributed by atoms with van der Waals surface area (Å²) in [6.45, 7) is 5.10. The standard InChI is InChI=1S/C26H31FN4O4S/c1-2-24(36)28-15-21-16-31(26(33)35-21)20-8-9-23(22(27)14-20)29-10-12-30(13-11-29)25(32)18-34-17-19-6-4-3-5-7-19/h3-9,14,21H,2,10-13,15-18H2,1H3,(H,28,36). The summed E-state index contributed by atoms with van der Waals surface area (Å²) in [5.41, 5.74) is 1.92. The van der Waals surface area contributed by atoms with Crippen LogP contribution in [0.1, 0.15) is 18.9 Å². The Morgan fingerprint density at radius 1 is 1.17 bits per heavy atom. The summed E-state index contributed by atoms with van der Waals surface area (Å²) < 4.78 is 26.0. The van der Waals surface area contributed by atoms with Crippen LogP contribution in [-0.2, 0) is 20.9 Å². The predicted molar refractivity (Wildman–Crippen MR) is 140 cm³/mol. The van der Waals surface area contributed by atoms with Crippen LogP contribution in [-0.4, -0.2) is 73.9 Å². The third-order valence-corrected chi connectivity index (χ3v) is 6.71. The van der Waals surface area contributed by atoms with Crippen LogP contribution >= 0.6 is 12.2 Å². The molecule has 2 heterocycles. The maximum Gasteiger partial charge on any atom is 0.414 e. The van der Waals surface area contributed by atoms with E-state index in [0.717, 1.165) is 12.0 Å². The van der Waals surface area contributed by atoms with Crippen molar-refractivity contribution in [3.05, 3.63) is 59.9 Å². The van der Waals surface area contributed by atoms with Gasteiger partial charge in [0.05, 0.1) is 36.1 Å². The summed E-state index contributed by atoms with van der Waals surface area (Å²) in [6, 6.07) is 14.5. The number of hydrogen-bond acceptors (Lipinski definition) is 6. The Morgan fingerprint density at radius 3 is 2.61 bits per heavy atom. The molecule has 2 amide bonds. The van der Waals surface area contributed by atoms with Crippen LogP contribution in [0.4, 0.5) is 20.6 Å². The van der Waals surface area contributed by atoms with Crippen LogP contribution in [0.25, 0.3) is 0 Å². The van der Waals surface area contributed by atoms with Crippen LogP contribution in [0.2, 0.25) is 0 Å². The van der Waals surface area contributed by atoms with Crippen molar-refractivity contribution in [2.75, 3.05) is 55.7 Å². The SMILES string of the molecule is CCC(=S)NCC1CN(c2ccc(N3CCN(C(=O)COCc4ccccc4)CC3)c(F)c2)C(=O)O1. The Labute approximate surface area is 215 Å². The van der Waals surface area contributed by atoms with Crippen LogP contribution < -0.4 is 15.1 Å². The number of cyclic esters (lactones) is 1. The van der Waals surface area contributed by atoms with E-state index in [0.29, 0.717) is 62.2 Å². The molecule has 0 saturated carbocycles. The van der Waals surface area contributed by atoms with E-state index in [1.165, 1.54) is 11.0 Å². The second-order valence-corrected chi connectivity index (χ2v) is 9.25. The minimum Gasteiger partial charge on any atom is -0.442 e. The molecule has 0 spiro atoms. The Hall–Kier alpha value is -3.24. The number of anilines is 2. The molecule has 4 rings (SSSR count). The molecule has 192 valence electrons. The van der Waals surface area contributed by atoms with Crippen molar-refractivity contribution >= 4 is 40.6 Å². The van der Waals surface area contributed by atoms with Gasteiger partial charge >= 0.3 is 6.09 Å². The monoisotopic (exact) mass is 514 g/mol. The van der Waals surface area contributed by atoms with Crippen molar-refractivity contribution in [3.8, 4) is 0 Å². The zero-order valence-corrected chi connectivity index (χ0v) is 21.1. The highest BCUT2D eigenvalue weighted by Gasteiger charge is 2.33. The van der Waals surface area contributed by atoms with E-state index in [-0.39, 0.29) is 18.6 Å². The highest BCUT2D eigenvalue weighted by atomic mass is 32.1. The van der Waals surface area contributed by atoms with Crippen LogP contribution in [0.15, 0.2) is 48.5 Å². The third kappa shape index (κ3) is 6.50. The molecule has 2 aliphatic heterocycles. The number of hydrogen-bond donors (Lipinski definition) is 1. The van der Waals surface area contributed by atoms with E-state index in [1.54, 1.807) is 17.0 Å². The van der Waals surface area contributed by atoms with Crippen LogP contribution in [0.5, 0.6) is 0 Å². The van der Waals surface area contributed by atoms with Gasteiger partial charge in [0.25, 0.3) is 0 Å². The van der Waals surface area contributed by atoms with Gasteiger partial charge < -0.3 is 24.6 Å². The van der Waals surface area contributed by atoms with Crippen LogP contribution in [0.3, 0.4) is 0 Å². The van der Waals surface area contributed by atoms with Gasteiger partial charge in [-0.3, -0.25) is 9.69 Å². The number of amides is 2. The molecule has 2 aromatic carbocycles. The minimum absolute atomic E-state index is 0.0185. The number of nitrogens with one attached hydrogen (secondary N) is 1. The Balaban J connectivity index is 1.26. The highest BCUT2D eigenvalue weighted by molar-refractivity contribution is 7.80. The fourth-order valence-electron chi connectivity index (χ4n) is 4.23. The summed E-state index contributed by atoms with van der Waals surface area (Å²) in [5, 5.41) is 3.07. The van der Waals surface area contributed by atoms with E-state index >= 15 is 4.39 Å². The lowest BCUT2D eigenvalue weighted by Gasteiger charge is -2.36. The van der Waals surface area contributed by atoms with E-state index in [9.17, 15) is 9.59 Å². The van der Waals surface area contributed by atoms with Crippen molar-refractivity contribution < 1.29 is 23.5 Å². The quantitative estimate of drug-likeness (QED) is 0.515. The number of carbonyl (C=O) groups excluding carboxylic acids is 2. The second kappa shape index (κ2) is 12.1. The van der Waals surface area contributed by atoms with Gasteiger partial charge in [0, 0.05) is 26.2 Å². The summed E-state index contributed by atoms with van der Waals surface area (Å²) in [4.78, 5) is 30.6. The first-order valence-corrected chi connectivity index (χ1v) is 12.5. The molecular formula is C26H31FN4O4S. The molecule has 0 bridgehead atoms. The Bertz CT molecular complexity index is 1080. The van der Waals surface area contributed by atoms with Crippen LogP contribution in [0, 0.1) is 5.82 Å². The predicted octanol–water partition coefficient (Wildman–Crippen LogP) is 3.34. The zero-order chi connectivity index (χ0) is 25.5. The summed E-state index contributed by atoms with van der Waals surface area (Å²) in [7, 11) is 0. The lowest BCUT2D eigenvalue weighted by atomic mass is 10.2. The van der Waals surface area contributed by atoms with Crippen molar-refractivity contribution in [1.82, 2.24) is 10.2 Å². The average molecular weight is 515 g/mol. The molecular weight excluding hydrogens is 483 g/mol. The lowest BCUT2D eigenvalue weighted by Crippen LogP contribution is -2.50. The number of halogens is 1. The first-order valence-electron chi connectivity index (χ1n) is 12.1. The first kappa shape index (κ1) is 25.8. The van der Waals surface area contributed by atoms with Gasteiger partial charge in [-0.1, -0.05) is 49.5 Å². The molecule has 8 nitrogen and oxygen atoms in total. The molecule has 0 radical (unpaired) electrons. The molecule has 2 fully saturated rings. The van der Waals surface area contributed by atoms with Crippen molar-refractivity contribution in [1.29, 1.82) is 0 Å². The van der Waals surface area contributed by atoms with Gasteiger partial charge in [-0.05, 0) is 30.2 Å². The maximum atomic E-state index is 15.0. The average Bonchev–Trinajstić information content (AvgIpc) is 3.28. The number of ether oxygens (including phenoxy) is 2. The highest BCUT2D eigenvalue weighted by Crippen LogP contribution is 2.28. The smallest absolute Gasteiger partial charge is 0.414 e. The molecule has 10 heteroatoms. The normalized spacial score (nSPS) is 17.8. The number of carbonyl (C=O) groups is 2. The van der Waals surface area contributed by atoms with Gasteiger partial charge in [0.15, 0.2) is 0 Å². The van der Waals surface area contributed by atoms with Crippen molar-refractivity contribution in [2.45, 2.75) is 26.1 Å². The number of nitrogens with zero attached hydrogens (tertiary/aromatic N) is 3. The third-order valence-electron chi connectivity index (χ3n) is 6.28. The van der Waals surface area contributed by atoms with Gasteiger partial charge in [0.2, 0.25) is 5.91 Å². The number of piperazine rings is 1. The number of benzene rings is 2. The van der Waals surface area contributed by atoms with Gasteiger partial charge in [-0.15, -0.1) is 0 Å². The summed E-state index contributed by atoms with van der Waals surface area (Å²) in [6.07, 6.45) is -0.137. The minimum atomic E-state index is -0.502. The zero-order valence-electron chi connectivity index (χ0n) is 20.3. The largest absolute Gasteiger partial charge is 0.442 e. The molecule has 0 aliphatic carbocycles. The molecule has 36 heavy (non-hydrogen) atoms. The second-order valence-electron chi connectivity index (χ2n) is 8.76. The first-order chi connectivity index (χ1) is 17.4. The maximum absolute atomic E-state index is 15.0. The molecule has 0 aromatic heterocycles. The van der Waals surface area contributed by atoms with Gasteiger partial charge in [0.1, 0.15) is 18.5 Å². The molecule has 1 atom stereocenters. The lowest BCUT2D eigenvalue weighted by molar-refractivity contribution is -0.136.